The summed E-state index contributed by atoms with van der Waals surface area (Å²) in [6, 6.07) is 10.5. The zero-order valence-corrected chi connectivity index (χ0v) is 8.70. The fourth-order valence-electron chi connectivity index (χ4n) is 1.35. The van der Waals surface area contributed by atoms with E-state index in [4.69, 9.17) is 5.73 Å². The molecule has 0 radical (unpaired) electrons. The van der Waals surface area contributed by atoms with Crippen LogP contribution in [-0.4, -0.2) is 13.0 Å². The van der Waals surface area contributed by atoms with Crippen molar-refractivity contribution in [3.8, 4) is 0 Å². The first-order valence-electron chi connectivity index (χ1n) is 4.81. The normalized spacial score (nSPS) is 13.7. The minimum absolute atomic E-state index is 0.250. The Morgan fingerprint density at radius 2 is 2.07 bits per heavy atom. The number of nitrogens with one attached hydrogen (secondary N) is 1. The molecule has 3 heteroatoms. The van der Waals surface area contributed by atoms with E-state index in [1.54, 1.807) is 7.05 Å². The van der Waals surface area contributed by atoms with E-state index in [-0.39, 0.29) is 6.04 Å². The van der Waals surface area contributed by atoms with Gasteiger partial charge >= 0.3 is 0 Å². The zero-order valence-electron chi connectivity index (χ0n) is 8.70. The Morgan fingerprint density at radius 3 is 2.57 bits per heavy atom. The molecule has 1 aromatic carbocycles. The summed E-state index contributed by atoms with van der Waals surface area (Å²) in [5.41, 5.74) is 6.86. The van der Waals surface area contributed by atoms with Gasteiger partial charge in [-0.05, 0) is 12.0 Å². The summed E-state index contributed by atoms with van der Waals surface area (Å²) in [4.78, 5) is 3.89. The summed E-state index contributed by atoms with van der Waals surface area (Å²) in [6.07, 6.45) is 0.986. The quantitative estimate of drug-likeness (QED) is 0.564. The smallest absolute Gasteiger partial charge is 0.188 e. The van der Waals surface area contributed by atoms with E-state index in [0.717, 1.165) is 6.42 Å². The van der Waals surface area contributed by atoms with Crippen LogP contribution in [0.3, 0.4) is 0 Å². The van der Waals surface area contributed by atoms with E-state index in [9.17, 15) is 0 Å². The lowest BCUT2D eigenvalue weighted by Crippen LogP contribution is -2.34. The van der Waals surface area contributed by atoms with Gasteiger partial charge < -0.3 is 11.1 Å². The van der Waals surface area contributed by atoms with Crippen molar-refractivity contribution in [2.75, 3.05) is 7.05 Å². The molecule has 0 spiro atoms. The average Bonchev–Trinajstić information content (AvgIpc) is 2.26. The van der Waals surface area contributed by atoms with Crippen LogP contribution < -0.4 is 11.1 Å². The summed E-state index contributed by atoms with van der Waals surface area (Å²) in [5, 5.41) is 3.16. The van der Waals surface area contributed by atoms with Crippen molar-refractivity contribution in [3.63, 3.8) is 0 Å². The van der Waals surface area contributed by atoms with E-state index < -0.39 is 0 Å². The van der Waals surface area contributed by atoms with E-state index in [0.29, 0.717) is 5.96 Å². The number of hydrogen-bond acceptors (Lipinski definition) is 1. The summed E-state index contributed by atoms with van der Waals surface area (Å²) in [5.74, 6) is 0.487. The first kappa shape index (κ1) is 10.6. The molecule has 1 aromatic rings. The first-order chi connectivity index (χ1) is 6.77. The summed E-state index contributed by atoms with van der Waals surface area (Å²) < 4.78 is 0. The van der Waals surface area contributed by atoms with Crippen LogP contribution in [0.25, 0.3) is 0 Å². The van der Waals surface area contributed by atoms with Gasteiger partial charge in [0.15, 0.2) is 5.96 Å². The van der Waals surface area contributed by atoms with Crippen molar-refractivity contribution >= 4 is 5.96 Å². The van der Waals surface area contributed by atoms with Gasteiger partial charge in [-0.3, -0.25) is 4.99 Å². The molecular weight excluding hydrogens is 174 g/mol. The van der Waals surface area contributed by atoms with Crippen LogP contribution >= 0.6 is 0 Å². The molecule has 3 N–H and O–H groups in total. The minimum atomic E-state index is 0.250. The number of benzene rings is 1. The average molecular weight is 191 g/mol. The molecule has 0 amide bonds. The standard InChI is InChI=1S/C11H17N3/c1-3-10(14-11(12)13-2)9-7-5-4-6-8-9/h4-8,10H,3H2,1-2H3,(H3,12,13,14)/t10-/m0/s1. The highest BCUT2D eigenvalue weighted by Gasteiger charge is 2.07. The van der Waals surface area contributed by atoms with Crippen molar-refractivity contribution in [2.24, 2.45) is 10.7 Å². The lowest BCUT2D eigenvalue weighted by atomic mass is 10.1. The second kappa shape index (κ2) is 5.27. The Balaban J connectivity index is 2.73. The van der Waals surface area contributed by atoms with Crippen LogP contribution in [0.5, 0.6) is 0 Å². The molecule has 0 fully saturated rings. The fourth-order valence-corrected chi connectivity index (χ4v) is 1.35. The van der Waals surface area contributed by atoms with Crippen molar-refractivity contribution in [1.29, 1.82) is 0 Å². The maximum atomic E-state index is 5.63. The van der Waals surface area contributed by atoms with Gasteiger partial charge in [-0.15, -0.1) is 0 Å². The third-order valence-electron chi connectivity index (χ3n) is 2.17. The minimum Gasteiger partial charge on any atom is -0.370 e. The third kappa shape index (κ3) is 2.76. The molecule has 76 valence electrons. The Kier molecular flexibility index (Phi) is 3.98. The third-order valence-corrected chi connectivity index (χ3v) is 2.17. The molecule has 1 rings (SSSR count). The molecule has 14 heavy (non-hydrogen) atoms. The van der Waals surface area contributed by atoms with Crippen molar-refractivity contribution in [2.45, 2.75) is 19.4 Å². The molecule has 0 saturated heterocycles. The van der Waals surface area contributed by atoms with Crippen molar-refractivity contribution < 1.29 is 0 Å². The topological polar surface area (TPSA) is 50.4 Å². The number of nitrogens with two attached hydrogens (primary N) is 1. The van der Waals surface area contributed by atoms with Crippen LogP contribution in [0.2, 0.25) is 0 Å². The van der Waals surface area contributed by atoms with Gasteiger partial charge in [0.2, 0.25) is 0 Å². The van der Waals surface area contributed by atoms with Crippen LogP contribution in [0, 0.1) is 0 Å². The highest BCUT2D eigenvalue weighted by atomic mass is 15.1. The van der Waals surface area contributed by atoms with Gasteiger partial charge in [0.1, 0.15) is 0 Å². The van der Waals surface area contributed by atoms with Gasteiger partial charge in [0.25, 0.3) is 0 Å². The highest BCUT2D eigenvalue weighted by molar-refractivity contribution is 5.78. The van der Waals surface area contributed by atoms with E-state index >= 15 is 0 Å². The first-order valence-corrected chi connectivity index (χ1v) is 4.81. The molecule has 3 nitrogen and oxygen atoms in total. The second-order valence-corrected chi connectivity index (χ2v) is 3.12. The Morgan fingerprint density at radius 1 is 1.43 bits per heavy atom. The van der Waals surface area contributed by atoms with Crippen molar-refractivity contribution in [1.82, 2.24) is 5.32 Å². The van der Waals surface area contributed by atoms with E-state index in [2.05, 4.69) is 29.4 Å². The van der Waals surface area contributed by atoms with Gasteiger partial charge in [-0.25, -0.2) is 0 Å². The monoisotopic (exact) mass is 191 g/mol. The predicted octanol–water partition coefficient (Wildman–Crippen LogP) is 1.67. The number of guanidine groups is 1. The summed E-state index contributed by atoms with van der Waals surface area (Å²) in [7, 11) is 1.68. The SMILES string of the molecule is CC[C@H](NC(N)=NC)c1ccccc1. The molecule has 0 aliphatic heterocycles. The van der Waals surface area contributed by atoms with Gasteiger partial charge in [0, 0.05) is 7.05 Å². The molecule has 0 unspecified atom stereocenters. The lowest BCUT2D eigenvalue weighted by Gasteiger charge is -2.17. The van der Waals surface area contributed by atoms with Gasteiger partial charge in [0.05, 0.1) is 6.04 Å². The number of hydrogen-bond donors (Lipinski definition) is 2. The second-order valence-electron chi connectivity index (χ2n) is 3.12. The van der Waals surface area contributed by atoms with Crippen LogP contribution in [0.15, 0.2) is 35.3 Å². The Labute approximate surface area is 85.0 Å². The number of nitrogens with zero attached hydrogens (tertiary/aromatic N) is 1. The van der Waals surface area contributed by atoms with Crippen LogP contribution in [0.4, 0.5) is 0 Å². The van der Waals surface area contributed by atoms with Gasteiger partial charge in [-0.2, -0.15) is 0 Å². The predicted molar refractivity (Wildman–Crippen MR) is 60.2 cm³/mol. The molecule has 0 bridgehead atoms. The van der Waals surface area contributed by atoms with E-state index in [1.165, 1.54) is 5.56 Å². The van der Waals surface area contributed by atoms with Gasteiger partial charge in [-0.1, -0.05) is 37.3 Å². The lowest BCUT2D eigenvalue weighted by molar-refractivity contribution is 0.621. The fraction of sp³-hybridized carbons (Fsp3) is 0.364. The molecule has 0 aliphatic rings. The van der Waals surface area contributed by atoms with Crippen LogP contribution in [0.1, 0.15) is 24.9 Å². The zero-order chi connectivity index (χ0) is 10.4. The Hall–Kier alpha value is -1.51. The maximum Gasteiger partial charge on any atom is 0.188 e. The summed E-state index contributed by atoms with van der Waals surface area (Å²) >= 11 is 0. The van der Waals surface area contributed by atoms with E-state index in [1.807, 2.05) is 18.2 Å². The van der Waals surface area contributed by atoms with Crippen molar-refractivity contribution in [3.05, 3.63) is 35.9 Å². The van der Waals surface area contributed by atoms with Crippen LogP contribution in [-0.2, 0) is 0 Å². The number of rotatable bonds is 3. The molecule has 0 heterocycles. The molecular formula is C11H17N3. The molecule has 0 saturated carbocycles. The molecule has 0 aliphatic carbocycles. The Bertz CT molecular complexity index is 293. The largest absolute Gasteiger partial charge is 0.370 e. The molecule has 0 aromatic heterocycles. The summed E-state index contributed by atoms with van der Waals surface area (Å²) in [6.45, 7) is 2.12. The highest BCUT2D eigenvalue weighted by Crippen LogP contribution is 2.15. The maximum absolute atomic E-state index is 5.63. The molecule has 1 atom stereocenters. The number of aliphatic imine (C=N–C) groups is 1.